The van der Waals surface area contributed by atoms with Gasteiger partial charge in [-0.05, 0) is 18.6 Å². The van der Waals surface area contributed by atoms with E-state index in [-0.39, 0.29) is 5.91 Å². The lowest BCUT2D eigenvalue weighted by atomic mass is 10.2. The van der Waals surface area contributed by atoms with E-state index >= 15 is 0 Å². The van der Waals surface area contributed by atoms with Gasteiger partial charge in [-0.25, -0.2) is 9.58 Å². The van der Waals surface area contributed by atoms with Gasteiger partial charge in [-0.1, -0.05) is 6.07 Å². The van der Waals surface area contributed by atoms with Gasteiger partial charge in [0.1, 0.15) is 0 Å². The summed E-state index contributed by atoms with van der Waals surface area (Å²) >= 11 is 0. The fourth-order valence-electron chi connectivity index (χ4n) is 1.84. The van der Waals surface area contributed by atoms with Gasteiger partial charge in [0.05, 0.1) is 30.4 Å². The van der Waals surface area contributed by atoms with E-state index in [1.807, 2.05) is 24.4 Å². The van der Waals surface area contributed by atoms with E-state index in [0.29, 0.717) is 18.7 Å². The van der Waals surface area contributed by atoms with Crippen LogP contribution in [0.3, 0.4) is 0 Å². The largest absolute Gasteiger partial charge is 0.281 e. The third-order valence-corrected chi connectivity index (χ3v) is 2.64. The van der Waals surface area contributed by atoms with E-state index in [4.69, 9.17) is 4.84 Å². The molecule has 1 aliphatic rings. The van der Waals surface area contributed by atoms with Crippen LogP contribution in [0.5, 0.6) is 0 Å². The molecule has 0 saturated carbocycles. The Hall–Kier alpha value is -1.88. The van der Waals surface area contributed by atoms with Crippen molar-refractivity contribution in [2.45, 2.75) is 6.42 Å². The number of nitrogens with zero attached hydrogens (tertiary/aromatic N) is 3. The van der Waals surface area contributed by atoms with Crippen molar-refractivity contribution in [2.24, 2.45) is 0 Å². The van der Waals surface area contributed by atoms with Crippen LogP contribution in [0.4, 0.5) is 0 Å². The molecule has 3 rings (SSSR count). The van der Waals surface area contributed by atoms with Crippen LogP contribution in [-0.2, 0) is 4.84 Å². The van der Waals surface area contributed by atoms with E-state index < -0.39 is 0 Å². The molecule has 2 aromatic heterocycles. The zero-order chi connectivity index (χ0) is 11.0. The first-order valence-electron chi connectivity index (χ1n) is 5.23. The summed E-state index contributed by atoms with van der Waals surface area (Å²) < 4.78 is 1.68. The maximum absolute atomic E-state index is 12.1. The van der Waals surface area contributed by atoms with Crippen molar-refractivity contribution in [3.63, 3.8) is 0 Å². The summed E-state index contributed by atoms with van der Waals surface area (Å²) in [6, 6.07) is 5.63. The van der Waals surface area contributed by atoms with Gasteiger partial charge >= 0.3 is 0 Å². The van der Waals surface area contributed by atoms with Crippen LogP contribution < -0.4 is 0 Å². The van der Waals surface area contributed by atoms with Gasteiger partial charge in [-0.2, -0.15) is 5.10 Å². The Kier molecular flexibility index (Phi) is 2.11. The van der Waals surface area contributed by atoms with Gasteiger partial charge in [0, 0.05) is 6.20 Å². The molecule has 3 heterocycles. The maximum atomic E-state index is 12.1. The van der Waals surface area contributed by atoms with Crippen LogP contribution in [0, 0.1) is 0 Å². The molecule has 0 aromatic carbocycles. The summed E-state index contributed by atoms with van der Waals surface area (Å²) in [5.74, 6) is -0.112. The Morgan fingerprint density at radius 1 is 1.44 bits per heavy atom. The SMILES string of the molecule is O=C(c1cnn2ccccc12)N1CCCO1. The second-order valence-corrected chi connectivity index (χ2v) is 3.68. The Morgan fingerprint density at radius 3 is 3.19 bits per heavy atom. The molecule has 0 unspecified atom stereocenters. The fraction of sp³-hybridized carbons (Fsp3) is 0.273. The molecule has 5 heteroatoms. The molecule has 1 amide bonds. The third kappa shape index (κ3) is 1.37. The van der Waals surface area contributed by atoms with E-state index in [9.17, 15) is 4.79 Å². The second kappa shape index (κ2) is 3.61. The molecule has 2 aromatic rings. The van der Waals surface area contributed by atoms with E-state index in [0.717, 1.165) is 11.9 Å². The minimum absolute atomic E-state index is 0.112. The highest BCUT2D eigenvalue weighted by Crippen LogP contribution is 2.15. The normalized spacial score (nSPS) is 15.9. The zero-order valence-corrected chi connectivity index (χ0v) is 8.67. The molecule has 0 atom stereocenters. The van der Waals surface area contributed by atoms with Gasteiger partial charge in [-0.3, -0.25) is 9.63 Å². The average molecular weight is 217 g/mol. The van der Waals surface area contributed by atoms with Crippen molar-refractivity contribution in [3.05, 3.63) is 36.2 Å². The van der Waals surface area contributed by atoms with Gasteiger partial charge < -0.3 is 0 Å². The molecule has 5 nitrogen and oxygen atoms in total. The molecule has 0 N–H and O–H groups in total. The van der Waals surface area contributed by atoms with E-state index in [1.165, 1.54) is 5.06 Å². The van der Waals surface area contributed by atoms with Gasteiger partial charge in [0.2, 0.25) is 0 Å². The zero-order valence-electron chi connectivity index (χ0n) is 8.67. The molecule has 1 saturated heterocycles. The molecule has 1 aliphatic heterocycles. The summed E-state index contributed by atoms with van der Waals surface area (Å²) in [5.41, 5.74) is 1.39. The van der Waals surface area contributed by atoms with E-state index in [2.05, 4.69) is 5.10 Å². The summed E-state index contributed by atoms with van der Waals surface area (Å²) in [7, 11) is 0. The second-order valence-electron chi connectivity index (χ2n) is 3.68. The van der Waals surface area contributed by atoms with Crippen LogP contribution >= 0.6 is 0 Å². The molecule has 1 fully saturated rings. The molecule has 0 radical (unpaired) electrons. The highest BCUT2D eigenvalue weighted by molar-refractivity contribution is 6.00. The minimum Gasteiger partial charge on any atom is -0.271 e. The highest BCUT2D eigenvalue weighted by atomic mass is 16.7. The topological polar surface area (TPSA) is 46.8 Å². The summed E-state index contributed by atoms with van der Waals surface area (Å²) in [6.07, 6.45) is 4.29. The van der Waals surface area contributed by atoms with Crippen LogP contribution in [-0.4, -0.2) is 33.7 Å². The van der Waals surface area contributed by atoms with Crippen molar-refractivity contribution in [3.8, 4) is 0 Å². The summed E-state index contributed by atoms with van der Waals surface area (Å²) in [5, 5.41) is 5.53. The standard InChI is InChI=1S/C11H11N3O2/c15-11(14-6-3-7-16-14)9-8-12-13-5-2-1-4-10(9)13/h1-2,4-5,8H,3,6-7H2. The van der Waals surface area contributed by atoms with Gasteiger partial charge in [-0.15, -0.1) is 0 Å². The monoisotopic (exact) mass is 217 g/mol. The first-order valence-corrected chi connectivity index (χ1v) is 5.23. The summed E-state index contributed by atoms with van der Waals surface area (Å²) in [4.78, 5) is 17.3. The molecule has 0 aliphatic carbocycles. The number of hydrogen-bond acceptors (Lipinski definition) is 3. The Bertz CT molecular complexity index is 529. The van der Waals surface area contributed by atoms with Gasteiger partial charge in [0.15, 0.2) is 0 Å². The van der Waals surface area contributed by atoms with Crippen molar-refractivity contribution in [1.82, 2.24) is 14.7 Å². The molecule has 82 valence electrons. The lowest BCUT2D eigenvalue weighted by molar-refractivity contribution is -0.0767. The minimum atomic E-state index is -0.112. The number of carbonyl (C=O) groups is 1. The number of amides is 1. The molecule has 0 spiro atoms. The summed E-state index contributed by atoms with van der Waals surface area (Å²) in [6.45, 7) is 1.27. The number of rotatable bonds is 1. The Balaban J connectivity index is 2.02. The lowest BCUT2D eigenvalue weighted by Gasteiger charge is -2.12. The smallest absolute Gasteiger partial charge is 0.271 e. The van der Waals surface area contributed by atoms with Crippen molar-refractivity contribution >= 4 is 11.4 Å². The molecular weight excluding hydrogens is 206 g/mol. The Morgan fingerprint density at radius 2 is 2.38 bits per heavy atom. The molecular formula is C11H11N3O2. The van der Waals surface area contributed by atoms with Crippen molar-refractivity contribution < 1.29 is 9.63 Å². The Labute approximate surface area is 92.2 Å². The number of pyridine rings is 1. The van der Waals surface area contributed by atoms with E-state index in [1.54, 1.807) is 10.7 Å². The lowest BCUT2D eigenvalue weighted by Crippen LogP contribution is -2.26. The number of hydrogen-bond donors (Lipinski definition) is 0. The van der Waals surface area contributed by atoms with Crippen molar-refractivity contribution in [2.75, 3.05) is 13.2 Å². The maximum Gasteiger partial charge on any atom is 0.281 e. The molecule has 0 bridgehead atoms. The van der Waals surface area contributed by atoms with Crippen LogP contribution in [0.1, 0.15) is 16.8 Å². The number of hydroxylamine groups is 2. The predicted molar refractivity (Wildman–Crippen MR) is 56.8 cm³/mol. The van der Waals surface area contributed by atoms with Crippen LogP contribution in [0.15, 0.2) is 30.6 Å². The first kappa shape index (κ1) is 9.35. The highest BCUT2D eigenvalue weighted by Gasteiger charge is 2.23. The number of aromatic nitrogens is 2. The fourth-order valence-corrected chi connectivity index (χ4v) is 1.84. The average Bonchev–Trinajstić information content (AvgIpc) is 2.98. The van der Waals surface area contributed by atoms with Crippen molar-refractivity contribution in [1.29, 1.82) is 0 Å². The van der Waals surface area contributed by atoms with Crippen LogP contribution in [0.25, 0.3) is 5.52 Å². The van der Waals surface area contributed by atoms with Gasteiger partial charge in [0.25, 0.3) is 5.91 Å². The third-order valence-electron chi connectivity index (χ3n) is 2.64. The number of carbonyl (C=O) groups excluding carboxylic acids is 1. The van der Waals surface area contributed by atoms with Crippen LogP contribution in [0.2, 0.25) is 0 Å². The first-order chi connectivity index (χ1) is 7.86. The number of fused-ring (bicyclic) bond motifs is 1. The molecule has 16 heavy (non-hydrogen) atoms. The quantitative estimate of drug-likeness (QED) is 0.719. The predicted octanol–water partition coefficient (Wildman–Crippen LogP) is 1.11.